The highest BCUT2D eigenvalue weighted by molar-refractivity contribution is 5.75. The number of nitrogens with one attached hydrogen (secondary N) is 2. The summed E-state index contributed by atoms with van der Waals surface area (Å²) in [5.74, 6) is -0.730. The average Bonchev–Trinajstić information content (AvgIpc) is 2.43. The van der Waals surface area contributed by atoms with Gasteiger partial charge in [0.05, 0.1) is 13.2 Å². The van der Waals surface area contributed by atoms with Crippen molar-refractivity contribution in [2.75, 3.05) is 13.7 Å². The second-order valence-corrected chi connectivity index (χ2v) is 4.59. The Morgan fingerprint density at radius 1 is 1.43 bits per heavy atom. The smallest absolute Gasteiger partial charge is 0.315 e. The number of rotatable bonds is 7. The topological polar surface area (TPSA) is 93.4 Å². The monoisotopic (exact) mass is 297 g/mol. The summed E-state index contributed by atoms with van der Waals surface area (Å²) in [5, 5.41) is 5.27. The van der Waals surface area contributed by atoms with Gasteiger partial charge in [0, 0.05) is 13.0 Å². The summed E-state index contributed by atoms with van der Waals surface area (Å²) in [5.41, 5.74) is 5.62. The zero-order chi connectivity index (χ0) is 15.8. The average molecular weight is 297 g/mol. The fourth-order valence-corrected chi connectivity index (χ4v) is 1.75. The lowest BCUT2D eigenvalue weighted by molar-refractivity contribution is -0.118. The van der Waals surface area contributed by atoms with Gasteiger partial charge < -0.3 is 21.1 Å². The minimum absolute atomic E-state index is 0.154. The largest absolute Gasteiger partial charge is 0.494 e. The van der Waals surface area contributed by atoms with Crippen molar-refractivity contribution in [3.63, 3.8) is 0 Å². The Morgan fingerprint density at radius 2 is 2.14 bits per heavy atom. The standard InChI is InChI=1S/C14H20FN3O3/c1-9(10-5-6-12(21-2)11(15)8-10)18-14(20)17-7-3-4-13(16)19/h5-6,8-9H,3-4,7H2,1-2H3,(H2,16,19)(H2,17,18,20)/t9-/m0/s1. The van der Waals surface area contributed by atoms with Gasteiger partial charge in [-0.05, 0) is 31.0 Å². The number of benzene rings is 1. The first-order chi connectivity index (χ1) is 9.93. The molecule has 1 aromatic carbocycles. The summed E-state index contributed by atoms with van der Waals surface area (Å²) in [7, 11) is 1.39. The molecule has 4 N–H and O–H groups in total. The molecule has 1 aromatic rings. The van der Waals surface area contributed by atoms with E-state index >= 15 is 0 Å². The molecule has 0 aliphatic rings. The molecule has 1 atom stereocenters. The van der Waals surface area contributed by atoms with Gasteiger partial charge in [-0.25, -0.2) is 9.18 Å². The quantitative estimate of drug-likeness (QED) is 0.665. The summed E-state index contributed by atoms with van der Waals surface area (Å²) in [6.45, 7) is 2.09. The molecule has 7 heteroatoms. The van der Waals surface area contributed by atoms with Crippen molar-refractivity contribution in [1.82, 2.24) is 10.6 Å². The van der Waals surface area contributed by atoms with Crippen LogP contribution in [0, 0.1) is 5.82 Å². The van der Waals surface area contributed by atoms with Crippen LogP contribution < -0.4 is 21.1 Å². The number of nitrogens with two attached hydrogens (primary N) is 1. The molecule has 0 saturated carbocycles. The minimum Gasteiger partial charge on any atom is -0.494 e. The summed E-state index contributed by atoms with van der Waals surface area (Å²) in [6, 6.07) is 3.76. The number of hydrogen-bond acceptors (Lipinski definition) is 3. The Labute approximate surface area is 122 Å². The highest BCUT2D eigenvalue weighted by Crippen LogP contribution is 2.21. The van der Waals surface area contributed by atoms with Crippen LogP contribution in [0.15, 0.2) is 18.2 Å². The molecular weight excluding hydrogens is 277 g/mol. The predicted molar refractivity (Wildman–Crippen MR) is 76.3 cm³/mol. The van der Waals surface area contributed by atoms with Crippen LogP contribution in [-0.2, 0) is 4.79 Å². The van der Waals surface area contributed by atoms with Gasteiger partial charge in [0.1, 0.15) is 0 Å². The van der Waals surface area contributed by atoms with Crippen LogP contribution in [0.1, 0.15) is 31.4 Å². The molecule has 21 heavy (non-hydrogen) atoms. The number of ether oxygens (including phenoxy) is 1. The van der Waals surface area contributed by atoms with E-state index in [1.54, 1.807) is 13.0 Å². The Hall–Kier alpha value is -2.31. The molecule has 0 aliphatic heterocycles. The van der Waals surface area contributed by atoms with Crippen molar-refractivity contribution in [2.45, 2.75) is 25.8 Å². The van der Waals surface area contributed by atoms with Crippen LogP contribution in [0.3, 0.4) is 0 Å². The highest BCUT2D eigenvalue weighted by atomic mass is 19.1. The molecule has 3 amide bonds. The van der Waals surface area contributed by atoms with E-state index in [9.17, 15) is 14.0 Å². The van der Waals surface area contributed by atoms with E-state index in [0.717, 1.165) is 0 Å². The third-order valence-electron chi connectivity index (χ3n) is 2.91. The normalized spacial score (nSPS) is 11.6. The predicted octanol–water partition coefficient (Wildman–Crippen LogP) is 1.46. The first-order valence-corrected chi connectivity index (χ1v) is 6.60. The zero-order valence-electron chi connectivity index (χ0n) is 12.1. The van der Waals surface area contributed by atoms with Gasteiger partial charge in [0.25, 0.3) is 0 Å². The maximum absolute atomic E-state index is 13.6. The molecular formula is C14H20FN3O3. The van der Waals surface area contributed by atoms with Crippen molar-refractivity contribution >= 4 is 11.9 Å². The molecule has 1 rings (SSSR count). The van der Waals surface area contributed by atoms with Gasteiger partial charge in [-0.3, -0.25) is 4.79 Å². The van der Waals surface area contributed by atoms with Crippen LogP contribution in [0.2, 0.25) is 0 Å². The number of primary amides is 1. The van der Waals surface area contributed by atoms with Crippen LogP contribution in [-0.4, -0.2) is 25.6 Å². The van der Waals surface area contributed by atoms with Crippen molar-refractivity contribution in [2.24, 2.45) is 5.73 Å². The van der Waals surface area contributed by atoms with Gasteiger partial charge in [-0.15, -0.1) is 0 Å². The van der Waals surface area contributed by atoms with E-state index in [0.29, 0.717) is 18.5 Å². The van der Waals surface area contributed by atoms with Crippen LogP contribution in [0.25, 0.3) is 0 Å². The molecule has 0 unspecified atom stereocenters. The second-order valence-electron chi connectivity index (χ2n) is 4.59. The van der Waals surface area contributed by atoms with Gasteiger partial charge in [0.2, 0.25) is 5.91 Å². The fraction of sp³-hybridized carbons (Fsp3) is 0.429. The second kappa shape index (κ2) is 8.08. The van der Waals surface area contributed by atoms with Crippen molar-refractivity contribution < 1.29 is 18.7 Å². The van der Waals surface area contributed by atoms with E-state index in [1.807, 2.05) is 0 Å². The lowest BCUT2D eigenvalue weighted by Gasteiger charge is -2.15. The third kappa shape index (κ3) is 5.68. The fourth-order valence-electron chi connectivity index (χ4n) is 1.75. The Bertz CT molecular complexity index is 508. The highest BCUT2D eigenvalue weighted by Gasteiger charge is 2.12. The van der Waals surface area contributed by atoms with E-state index < -0.39 is 11.7 Å². The SMILES string of the molecule is COc1ccc([C@H](C)NC(=O)NCCCC(N)=O)cc1F. The number of methoxy groups -OCH3 is 1. The molecule has 0 bridgehead atoms. The van der Waals surface area contributed by atoms with Gasteiger partial charge in [0.15, 0.2) is 11.6 Å². The Morgan fingerprint density at radius 3 is 2.71 bits per heavy atom. The summed E-state index contributed by atoms with van der Waals surface area (Å²) in [4.78, 5) is 22.2. The molecule has 0 aliphatic carbocycles. The van der Waals surface area contributed by atoms with Crippen molar-refractivity contribution in [3.05, 3.63) is 29.6 Å². The van der Waals surface area contributed by atoms with E-state index in [1.165, 1.54) is 19.2 Å². The summed E-state index contributed by atoms with van der Waals surface area (Å²) >= 11 is 0. The number of carbonyl (C=O) groups is 2. The molecule has 0 saturated heterocycles. The van der Waals surface area contributed by atoms with Crippen molar-refractivity contribution in [1.29, 1.82) is 0 Å². The molecule has 0 aromatic heterocycles. The Balaban J connectivity index is 2.45. The van der Waals surface area contributed by atoms with Gasteiger partial charge in [-0.2, -0.15) is 0 Å². The number of halogens is 1. The van der Waals surface area contributed by atoms with Crippen LogP contribution in [0.5, 0.6) is 5.75 Å². The third-order valence-corrected chi connectivity index (χ3v) is 2.91. The van der Waals surface area contributed by atoms with E-state index in [4.69, 9.17) is 10.5 Å². The first kappa shape index (κ1) is 16.7. The number of amides is 3. The van der Waals surface area contributed by atoms with Crippen LogP contribution >= 0.6 is 0 Å². The lowest BCUT2D eigenvalue weighted by Crippen LogP contribution is -2.37. The van der Waals surface area contributed by atoms with E-state index in [-0.39, 0.29) is 24.2 Å². The molecule has 0 radical (unpaired) electrons. The number of urea groups is 1. The number of hydrogen-bond donors (Lipinski definition) is 3. The summed E-state index contributed by atoms with van der Waals surface area (Å²) < 4.78 is 18.4. The summed E-state index contributed by atoms with van der Waals surface area (Å²) in [6.07, 6.45) is 0.702. The molecule has 116 valence electrons. The number of carbonyl (C=O) groups excluding carboxylic acids is 2. The maximum Gasteiger partial charge on any atom is 0.315 e. The van der Waals surface area contributed by atoms with Crippen LogP contribution in [0.4, 0.5) is 9.18 Å². The maximum atomic E-state index is 13.6. The Kier molecular flexibility index (Phi) is 6.45. The first-order valence-electron chi connectivity index (χ1n) is 6.60. The van der Waals surface area contributed by atoms with E-state index in [2.05, 4.69) is 10.6 Å². The lowest BCUT2D eigenvalue weighted by atomic mass is 10.1. The molecule has 6 nitrogen and oxygen atoms in total. The van der Waals surface area contributed by atoms with Gasteiger partial charge >= 0.3 is 6.03 Å². The van der Waals surface area contributed by atoms with Crippen molar-refractivity contribution in [3.8, 4) is 5.75 Å². The minimum atomic E-state index is -0.481. The zero-order valence-corrected chi connectivity index (χ0v) is 12.1. The van der Waals surface area contributed by atoms with Gasteiger partial charge in [-0.1, -0.05) is 6.07 Å². The molecule has 0 spiro atoms. The molecule has 0 fully saturated rings. The molecule has 0 heterocycles.